The average molecular weight is 219 g/mol. The van der Waals surface area contributed by atoms with Crippen LogP contribution in [0.4, 0.5) is 0 Å². The molecule has 2 heterocycles. The fraction of sp³-hybridized carbons (Fsp3) is 0.273. The molecule has 1 unspecified atom stereocenters. The van der Waals surface area contributed by atoms with E-state index in [2.05, 4.69) is 4.98 Å². The largest absolute Gasteiger partial charge is 0.480 e. The summed E-state index contributed by atoms with van der Waals surface area (Å²) in [5.74, 6) is -1.05. The van der Waals surface area contributed by atoms with Crippen molar-refractivity contribution in [1.82, 2.24) is 9.38 Å². The average Bonchev–Trinajstić information content (AvgIpc) is 2.55. The standard InChI is InChI=1S/C11H13N3O2/c1-6-4-3-5-14-9(8(12)11(15)16)7(2)13-10(6)14/h3-5,8H,12H2,1-2H3,(H,15,16). The molecule has 0 aliphatic heterocycles. The van der Waals surface area contributed by atoms with Gasteiger partial charge in [0.1, 0.15) is 11.7 Å². The van der Waals surface area contributed by atoms with Crippen LogP contribution < -0.4 is 5.73 Å². The first kappa shape index (κ1) is 10.6. The monoisotopic (exact) mass is 219 g/mol. The number of hydrogen-bond donors (Lipinski definition) is 2. The van der Waals surface area contributed by atoms with Crippen LogP contribution in [-0.2, 0) is 4.79 Å². The second-order valence-electron chi connectivity index (χ2n) is 3.78. The van der Waals surface area contributed by atoms with Crippen molar-refractivity contribution in [2.45, 2.75) is 19.9 Å². The number of aliphatic carboxylic acids is 1. The third kappa shape index (κ3) is 1.45. The van der Waals surface area contributed by atoms with E-state index in [4.69, 9.17) is 10.8 Å². The summed E-state index contributed by atoms with van der Waals surface area (Å²) in [6.45, 7) is 3.70. The van der Waals surface area contributed by atoms with Crippen LogP contribution in [0.15, 0.2) is 18.3 Å². The van der Waals surface area contributed by atoms with Crippen LogP contribution in [0.5, 0.6) is 0 Å². The minimum absolute atomic E-state index is 0.534. The summed E-state index contributed by atoms with van der Waals surface area (Å²) in [5.41, 5.74) is 8.58. The quantitative estimate of drug-likeness (QED) is 0.790. The molecule has 0 saturated carbocycles. The van der Waals surface area contributed by atoms with E-state index in [9.17, 15) is 4.79 Å². The zero-order valence-electron chi connectivity index (χ0n) is 9.14. The molecule has 5 heteroatoms. The molecule has 2 aromatic rings. The fourth-order valence-corrected chi connectivity index (χ4v) is 1.83. The predicted octanol–water partition coefficient (Wildman–Crippen LogP) is 1.04. The molecule has 0 radical (unpaired) electrons. The van der Waals surface area contributed by atoms with Crippen LogP contribution in [0.3, 0.4) is 0 Å². The second kappa shape index (κ2) is 3.61. The number of nitrogens with two attached hydrogens (primary N) is 1. The second-order valence-corrected chi connectivity index (χ2v) is 3.78. The van der Waals surface area contributed by atoms with Crippen LogP contribution in [0.2, 0.25) is 0 Å². The molecule has 0 spiro atoms. The smallest absolute Gasteiger partial charge is 0.326 e. The van der Waals surface area contributed by atoms with Gasteiger partial charge < -0.3 is 15.2 Å². The number of pyridine rings is 1. The molecule has 0 aliphatic rings. The Morgan fingerprint density at radius 3 is 2.88 bits per heavy atom. The minimum Gasteiger partial charge on any atom is -0.480 e. The number of rotatable bonds is 2. The number of aromatic nitrogens is 2. The SMILES string of the molecule is Cc1nc2c(C)cccn2c1C(N)C(=O)O. The van der Waals surface area contributed by atoms with Crippen molar-refractivity contribution in [3.05, 3.63) is 35.3 Å². The maximum Gasteiger partial charge on any atom is 0.326 e. The Kier molecular flexibility index (Phi) is 2.40. The van der Waals surface area contributed by atoms with Gasteiger partial charge in [0.2, 0.25) is 0 Å². The van der Waals surface area contributed by atoms with Gasteiger partial charge in [0.25, 0.3) is 0 Å². The summed E-state index contributed by atoms with van der Waals surface area (Å²) >= 11 is 0. The summed E-state index contributed by atoms with van der Waals surface area (Å²) in [7, 11) is 0. The number of hydrogen-bond acceptors (Lipinski definition) is 3. The number of aryl methyl sites for hydroxylation is 2. The summed E-state index contributed by atoms with van der Waals surface area (Å²) in [6.07, 6.45) is 1.78. The number of imidazole rings is 1. The highest BCUT2D eigenvalue weighted by Crippen LogP contribution is 2.20. The zero-order valence-corrected chi connectivity index (χ0v) is 9.14. The lowest BCUT2D eigenvalue weighted by molar-refractivity contribution is -0.138. The Balaban J connectivity index is 2.74. The van der Waals surface area contributed by atoms with Crippen molar-refractivity contribution in [3.8, 4) is 0 Å². The number of nitrogens with zero attached hydrogens (tertiary/aromatic N) is 2. The van der Waals surface area contributed by atoms with Crippen molar-refractivity contribution < 1.29 is 9.90 Å². The first-order valence-corrected chi connectivity index (χ1v) is 4.95. The summed E-state index contributed by atoms with van der Waals surface area (Å²) < 4.78 is 1.74. The predicted molar refractivity (Wildman–Crippen MR) is 59.2 cm³/mol. The zero-order chi connectivity index (χ0) is 11.9. The molecule has 3 N–H and O–H groups in total. The highest BCUT2D eigenvalue weighted by molar-refractivity contribution is 5.75. The van der Waals surface area contributed by atoms with E-state index < -0.39 is 12.0 Å². The highest BCUT2D eigenvalue weighted by atomic mass is 16.4. The number of fused-ring (bicyclic) bond motifs is 1. The van der Waals surface area contributed by atoms with Crippen LogP contribution in [0.25, 0.3) is 5.65 Å². The maximum absolute atomic E-state index is 10.9. The molecule has 0 aliphatic carbocycles. The van der Waals surface area contributed by atoms with Gasteiger partial charge in [0, 0.05) is 6.20 Å². The Labute approximate surface area is 92.5 Å². The van der Waals surface area contributed by atoms with E-state index in [1.54, 1.807) is 17.5 Å². The van der Waals surface area contributed by atoms with E-state index >= 15 is 0 Å². The van der Waals surface area contributed by atoms with Gasteiger partial charge >= 0.3 is 5.97 Å². The summed E-state index contributed by atoms with van der Waals surface area (Å²) in [4.78, 5) is 15.2. The van der Waals surface area contributed by atoms with Gasteiger partial charge in [-0.2, -0.15) is 0 Å². The van der Waals surface area contributed by atoms with E-state index in [1.807, 2.05) is 19.1 Å². The van der Waals surface area contributed by atoms with Crippen LogP contribution in [0, 0.1) is 13.8 Å². The molecule has 5 nitrogen and oxygen atoms in total. The van der Waals surface area contributed by atoms with Crippen LogP contribution in [-0.4, -0.2) is 20.5 Å². The normalized spacial score (nSPS) is 12.9. The molecule has 0 saturated heterocycles. The van der Waals surface area contributed by atoms with E-state index in [1.165, 1.54) is 0 Å². The lowest BCUT2D eigenvalue weighted by Gasteiger charge is -2.07. The van der Waals surface area contributed by atoms with Crippen LogP contribution >= 0.6 is 0 Å². The Morgan fingerprint density at radius 1 is 1.56 bits per heavy atom. The van der Waals surface area contributed by atoms with Gasteiger partial charge in [-0.1, -0.05) is 6.07 Å². The minimum atomic E-state index is -1.05. The highest BCUT2D eigenvalue weighted by Gasteiger charge is 2.22. The van der Waals surface area contributed by atoms with Gasteiger partial charge in [0.15, 0.2) is 0 Å². The third-order valence-corrected chi connectivity index (χ3v) is 2.63. The van der Waals surface area contributed by atoms with Gasteiger partial charge in [-0.05, 0) is 25.5 Å². The van der Waals surface area contributed by atoms with E-state index in [0.29, 0.717) is 11.4 Å². The van der Waals surface area contributed by atoms with Crippen molar-refractivity contribution in [2.24, 2.45) is 5.73 Å². The molecular weight excluding hydrogens is 206 g/mol. The molecule has 0 fully saturated rings. The van der Waals surface area contributed by atoms with Crippen molar-refractivity contribution >= 4 is 11.6 Å². The Hall–Kier alpha value is -1.88. The van der Waals surface area contributed by atoms with E-state index in [0.717, 1.165) is 11.2 Å². The van der Waals surface area contributed by atoms with Crippen molar-refractivity contribution in [3.63, 3.8) is 0 Å². The van der Waals surface area contributed by atoms with Crippen molar-refractivity contribution in [1.29, 1.82) is 0 Å². The molecule has 0 aromatic carbocycles. The lowest BCUT2D eigenvalue weighted by atomic mass is 10.2. The maximum atomic E-state index is 10.9. The first-order chi connectivity index (χ1) is 7.52. The molecule has 16 heavy (non-hydrogen) atoms. The van der Waals surface area contributed by atoms with Crippen molar-refractivity contribution in [2.75, 3.05) is 0 Å². The molecule has 1 atom stereocenters. The van der Waals surface area contributed by atoms with Gasteiger partial charge in [-0.25, -0.2) is 4.98 Å². The number of carbonyl (C=O) groups is 1. The molecular formula is C11H13N3O2. The molecule has 0 bridgehead atoms. The molecule has 84 valence electrons. The van der Waals surface area contributed by atoms with Gasteiger partial charge in [0.05, 0.1) is 11.4 Å². The number of carboxylic acid groups (broad SMARTS) is 1. The van der Waals surface area contributed by atoms with Gasteiger partial charge in [-0.3, -0.25) is 4.79 Å². The summed E-state index contributed by atoms with van der Waals surface area (Å²) in [6, 6.07) is 2.73. The van der Waals surface area contributed by atoms with Gasteiger partial charge in [-0.15, -0.1) is 0 Å². The third-order valence-electron chi connectivity index (χ3n) is 2.63. The first-order valence-electron chi connectivity index (χ1n) is 4.95. The molecule has 0 amide bonds. The fourth-order valence-electron chi connectivity index (χ4n) is 1.83. The summed E-state index contributed by atoms with van der Waals surface area (Å²) in [5, 5.41) is 8.94. The lowest BCUT2D eigenvalue weighted by Crippen LogP contribution is -2.23. The van der Waals surface area contributed by atoms with E-state index in [-0.39, 0.29) is 0 Å². The van der Waals surface area contributed by atoms with Crippen LogP contribution in [0.1, 0.15) is 23.0 Å². The Morgan fingerprint density at radius 2 is 2.25 bits per heavy atom. The molecule has 2 rings (SSSR count). The number of carboxylic acids is 1. The molecule has 2 aromatic heterocycles. The Bertz CT molecular complexity index is 560. The topological polar surface area (TPSA) is 80.6 Å².